The maximum absolute atomic E-state index is 13.8. The number of hydrogen-bond donors (Lipinski definition) is 0. The molecular weight excluding hydrogens is 409 g/mol. The van der Waals surface area contributed by atoms with Crippen molar-refractivity contribution in [3.8, 4) is 0 Å². The maximum Gasteiger partial charge on any atom is 0.338 e. The summed E-state index contributed by atoms with van der Waals surface area (Å²) in [6.07, 6.45) is 1.09. The quantitative estimate of drug-likeness (QED) is 0.635. The van der Waals surface area contributed by atoms with E-state index in [-0.39, 0.29) is 28.4 Å². The van der Waals surface area contributed by atoms with E-state index >= 15 is 0 Å². The lowest BCUT2D eigenvalue weighted by Gasteiger charge is -2.18. The summed E-state index contributed by atoms with van der Waals surface area (Å²) in [6, 6.07) is 10.2. The number of ether oxygens (including phenoxy) is 1. The average Bonchev–Trinajstić information content (AvgIpc) is 2.61. The lowest BCUT2D eigenvalue weighted by atomic mass is 10.1. The number of sulfone groups is 1. The number of likely N-dealkylation sites (N-methyl/N-ethyl adjacent to an activating group) is 1. The summed E-state index contributed by atoms with van der Waals surface area (Å²) in [6.45, 7) is -0.622. The molecular formula is C19H19ClFNO5S. The minimum atomic E-state index is -3.25. The van der Waals surface area contributed by atoms with Crippen LogP contribution in [-0.4, -0.2) is 45.1 Å². The molecule has 0 spiro atoms. The van der Waals surface area contributed by atoms with Crippen molar-refractivity contribution in [1.82, 2.24) is 4.90 Å². The molecule has 1 amide bonds. The molecule has 0 aliphatic carbocycles. The van der Waals surface area contributed by atoms with E-state index in [9.17, 15) is 22.4 Å². The summed E-state index contributed by atoms with van der Waals surface area (Å²) in [5.41, 5.74) is 0.739. The van der Waals surface area contributed by atoms with Crippen molar-refractivity contribution in [2.45, 2.75) is 12.3 Å². The van der Waals surface area contributed by atoms with Crippen molar-refractivity contribution in [3.63, 3.8) is 0 Å². The molecule has 0 atom stereocenters. The van der Waals surface area contributed by atoms with Crippen LogP contribution in [0.4, 0.5) is 4.39 Å². The smallest absolute Gasteiger partial charge is 0.338 e. The first-order valence-corrected chi connectivity index (χ1v) is 10.6. The highest BCUT2D eigenvalue weighted by Gasteiger charge is 2.17. The van der Waals surface area contributed by atoms with Crippen LogP contribution in [-0.2, 0) is 31.7 Å². The van der Waals surface area contributed by atoms with Crippen LogP contribution in [0.1, 0.15) is 21.5 Å². The van der Waals surface area contributed by atoms with Gasteiger partial charge in [-0.05, 0) is 29.8 Å². The maximum atomic E-state index is 13.8. The van der Waals surface area contributed by atoms with Gasteiger partial charge in [0.1, 0.15) is 5.82 Å². The third-order valence-corrected chi connectivity index (χ3v) is 5.01. The van der Waals surface area contributed by atoms with Gasteiger partial charge in [0.2, 0.25) is 0 Å². The Labute approximate surface area is 167 Å². The zero-order valence-electron chi connectivity index (χ0n) is 15.3. The third-order valence-electron chi connectivity index (χ3n) is 3.80. The largest absolute Gasteiger partial charge is 0.452 e. The van der Waals surface area contributed by atoms with E-state index in [0.29, 0.717) is 5.56 Å². The van der Waals surface area contributed by atoms with Gasteiger partial charge in [-0.3, -0.25) is 4.79 Å². The Morgan fingerprint density at radius 3 is 2.50 bits per heavy atom. The fraction of sp³-hybridized carbons (Fsp3) is 0.263. The molecule has 0 saturated carbocycles. The molecule has 2 rings (SSSR count). The number of esters is 1. The molecule has 0 N–H and O–H groups in total. The number of carbonyl (C=O) groups excluding carboxylic acids is 2. The predicted octanol–water partition coefficient (Wildman–Crippen LogP) is 2.84. The van der Waals surface area contributed by atoms with Crippen molar-refractivity contribution in [2.24, 2.45) is 0 Å². The number of rotatable bonds is 7. The molecule has 0 aliphatic rings. The minimum absolute atomic E-state index is 0.0776. The van der Waals surface area contributed by atoms with E-state index in [1.165, 1.54) is 48.3 Å². The lowest BCUT2D eigenvalue weighted by Crippen LogP contribution is -2.31. The number of carbonyl (C=O) groups is 2. The molecule has 0 radical (unpaired) electrons. The lowest BCUT2D eigenvalue weighted by molar-refractivity contribution is -0.133. The molecule has 150 valence electrons. The summed E-state index contributed by atoms with van der Waals surface area (Å²) in [5, 5.41) is 0.194. The second-order valence-corrected chi connectivity index (χ2v) is 8.84. The fourth-order valence-electron chi connectivity index (χ4n) is 2.42. The summed E-state index contributed by atoms with van der Waals surface area (Å²) in [7, 11) is -1.81. The van der Waals surface area contributed by atoms with Crippen LogP contribution in [0, 0.1) is 5.82 Å². The highest BCUT2D eigenvalue weighted by Crippen LogP contribution is 2.20. The van der Waals surface area contributed by atoms with Crippen LogP contribution in [0.3, 0.4) is 0 Å². The van der Waals surface area contributed by atoms with Gasteiger partial charge in [-0.15, -0.1) is 0 Å². The normalized spacial score (nSPS) is 11.1. The van der Waals surface area contributed by atoms with Crippen LogP contribution < -0.4 is 0 Å². The summed E-state index contributed by atoms with van der Waals surface area (Å²) < 4.78 is 41.5. The van der Waals surface area contributed by atoms with Gasteiger partial charge in [-0.25, -0.2) is 17.6 Å². The number of halogens is 2. The van der Waals surface area contributed by atoms with Gasteiger partial charge in [0.25, 0.3) is 5.91 Å². The van der Waals surface area contributed by atoms with Crippen LogP contribution in [0.25, 0.3) is 0 Å². The van der Waals surface area contributed by atoms with Gasteiger partial charge in [-0.2, -0.15) is 0 Å². The highest BCUT2D eigenvalue weighted by molar-refractivity contribution is 7.89. The highest BCUT2D eigenvalue weighted by atomic mass is 35.5. The van der Waals surface area contributed by atoms with Crippen molar-refractivity contribution in [3.05, 3.63) is 70.0 Å². The van der Waals surface area contributed by atoms with Crippen molar-refractivity contribution in [2.75, 3.05) is 19.9 Å². The topological polar surface area (TPSA) is 80.8 Å². The number of hydrogen-bond acceptors (Lipinski definition) is 5. The van der Waals surface area contributed by atoms with E-state index in [4.69, 9.17) is 16.3 Å². The summed E-state index contributed by atoms with van der Waals surface area (Å²) in [5.74, 6) is -2.05. The SMILES string of the molecule is CN(Cc1c(F)cccc1Cl)C(=O)COC(=O)c1cccc(CS(C)(=O)=O)c1. The van der Waals surface area contributed by atoms with Gasteiger partial charge < -0.3 is 9.64 Å². The van der Waals surface area contributed by atoms with E-state index in [0.717, 1.165) is 6.26 Å². The minimum Gasteiger partial charge on any atom is -0.452 e. The van der Waals surface area contributed by atoms with E-state index in [1.54, 1.807) is 6.07 Å². The Balaban J connectivity index is 1.97. The van der Waals surface area contributed by atoms with Gasteiger partial charge >= 0.3 is 5.97 Å². The second-order valence-electron chi connectivity index (χ2n) is 6.30. The Morgan fingerprint density at radius 2 is 1.86 bits per heavy atom. The standard InChI is InChI=1S/C19H19ClFNO5S/c1-22(10-15-16(20)7-4-8-17(15)21)18(23)11-27-19(24)14-6-3-5-13(9-14)12-28(2,25)26/h3-9H,10-12H2,1-2H3. The zero-order valence-corrected chi connectivity index (χ0v) is 16.9. The fourth-order valence-corrected chi connectivity index (χ4v) is 3.43. The van der Waals surface area contributed by atoms with E-state index in [2.05, 4.69) is 0 Å². The second kappa shape index (κ2) is 9.16. The molecule has 0 aliphatic heterocycles. The molecule has 0 heterocycles. The van der Waals surface area contributed by atoms with Gasteiger partial charge in [0.15, 0.2) is 16.4 Å². The molecule has 0 unspecified atom stereocenters. The molecule has 0 fully saturated rings. The van der Waals surface area contributed by atoms with Crippen LogP contribution in [0.5, 0.6) is 0 Å². The first-order valence-electron chi connectivity index (χ1n) is 8.17. The number of benzene rings is 2. The van der Waals surface area contributed by atoms with Crippen molar-refractivity contribution in [1.29, 1.82) is 0 Å². The monoisotopic (exact) mass is 427 g/mol. The van der Waals surface area contributed by atoms with Crippen LogP contribution >= 0.6 is 11.6 Å². The van der Waals surface area contributed by atoms with Crippen LogP contribution in [0.15, 0.2) is 42.5 Å². The molecule has 2 aromatic rings. The van der Waals surface area contributed by atoms with Crippen LogP contribution in [0.2, 0.25) is 5.02 Å². The molecule has 0 saturated heterocycles. The van der Waals surface area contributed by atoms with Gasteiger partial charge in [0, 0.05) is 30.4 Å². The first kappa shape index (κ1) is 21.8. The van der Waals surface area contributed by atoms with Gasteiger partial charge in [-0.1, -0.05) is 29.8 Å². The predicted molar refractivity (Wildman–Crippen MR) is 103 cm³/mol. The summed E-state index contributed by atoms with van der Waals surface area (Å²) >= 11 is 5.94. The molecule has 0 bridgehead atoms. The third kappa shape index (κ3) is 6.31. The van der Waals surface area contributed by atoms with Gasteiger partial charge in [0.05, 0.1) is 11.3 Å². The van der Waals surface area contributed by atoms with Crippen molar-refractivity contribution < 1.29 is 27.1 Å². The Hall–Kier alpha value is -2.45. The molecule has 6 nitrogen and oxygen atoms in total. The van der Waals surface area contributed by atoms with E-state index in [1.807, 2.05) is 0 Å². The van der Waals surface area contributed by atoms with Crippen molar-refractivity contribution >= 4 is 33.3 Å². The number of nitrogens with zero attached hydrogens (tertiary/aromatic N) is 1. The Kier molecular flexibility index (Phi) is 7.15. The van der Waals surface area contributed by atoms with E-state index < -0.39 is 34.1 Å². The molecule has 28 heavy (non-hydrogen) atoms. The average molecular weight is 428 g/mol. The molecule has 0 aromatic heterocycles. The zero-order chi connectivity index (χ0) is 20.9. The molecule has 9 heteroatoms. The summed E-state index contributed by atoms with van der Waals surface area (Å²) in [4.78, 5) is 25.5. The first-order chi connectivity index (χ1) is 13.1. The molecule has 2 aromatic carbocycles. The Morgan fingerprint density at radius 1 is 1.18 bits per heavy atom. The Bertz CT molecular complexity index is 973. The number of amides is 1.